The lowest BCUT2D eigenvalue weighted by Crippen LogP contribution is -2.40. The summed E-state index contributed by atoms with van der Waals surface area (Å²) in [5.41, 5.74) is 2.35. The first-order valence-electron chi connectivity index (χ1n) is 13.6. The number of allylic oxidation sites excluding steroid dienone is 1. The highest BCUT2D eigenvalue weighted by molar-refractivity contribution is 7.07. The van der Waals surface area contributed by atoms with E-state index in [0.29, 0.717) is 42.7 Å². The van der Waals surface area contributed by atoms with Gasteiger partial charge in [-0.05, 0) is 80.4 Å². The molecular formula is C32H28ClN3O7S. The molecule has 0 aliphatic carbocycles. The van der Waals surface area contributed by atoms with Crippen LogP contribution < -0.4 is 24.4 Å². The normalized spacial score (nSPS) is 14.7. The molecule has 44 heavy (non-hydrogen) atoms. The summed E-state index contributed by atoms with van der Waals surface area (Å²) in [5.74, 6) is 0.547. The van der Waals surface area contributed by atoms with Crippen LogP contribution in [-0.2, 0) is 16.1 Å². The lowest BCUT2D eigenvalue weighted by Gasteiger charge is -2.25. The average Bonchev–Trinajstić information content (AvgIpc) is 3.29. The highest BCUT2D eigenvalue weighted by Gasteiger charge is 2.33. The molecule has 0 bridgehead atoms. The summed E-state index contributed by atoms with van der Waals surface area (Å²) >= 11 is 7.51. The summed E-state index contributed by atoms with van der Waals surface area (Å²) < 4.78 is 18.8. The van der Waals surface area contributed by atoms with E-state index >= 15 is 0 Å². The molecule has 3 aromatic carbocycles. The Kier molecular flexibility index (Phi) is 8.98. The Balaban J connectivity index is 1.58. The lowest BCUT2D eigenvalue weighted by molar-refractivity contribution is -0.384. The molecule has 0 unspecified atom stereocenters. The number of fused-ring (bicyclic) bond motifs is 1. The van der Waals surface area contributed by atoms with Gasteiger partial charge in [-0.25, -0.2) is 9.79 Å². The number of benzene rings is 3. The van der Waals surface area contributed by atoms with E-state index in [0.717, 1.165) is 5.56 Å². The van der Waals surface area contributed by atoms with Crippen molar-refractivity contribution >= 4 is 40.7 Å². The average molecular weight is 634 g/mol. The van der Waals surface area contributed by atoms with Gasteiger partial charge in [-0.2, -0.15) is 0 Å². The Morgan fingerprint density at radius 1 is 1.14 bits per heavy atom. The summed E-state index contributed by atoms with van der Waals surface area (Å²) in [6, 6.07) is 17.5. The molecule has 1 atom stereocenters. The lowest BCUT2D eigenvalue weighted by atomic mass is 9.96. The second-order valence-corrected chi connectivity index (χ2v) is 11.6. The van der Waals surface area contributed by atoms with Gasteiger partial charge in [0.1, 0.15) is 18.1 Å². The molecular weight excluding hydrogens is 606 g/mol. The van der Waals surface area contributed by atoms with E-state index < -0.39 is 16.9 Å². The Bertz CT molecular complexity index is 1950. The topological polar surface area (TPSA) is 122 Å². The Hall–Kier alpha value is -4.74. The van der Waals surface area contributed by atoms with E-state index in [-0.39, 0.29) is 29.5 Å². The van der Waals surface area contributed by atoms with Gasteiger partial charge in [0.2, 0.25) is 0 Å². The van der Waals surface area contributed by atoms with Crippen LogP contribution in [0.2, 0.25) is 5.02 Å². The second-order valence-electron chi connectivity index (χ2n) is 10.2. The summed E-state index contributed by atoms with van der Waals surface area (Å²) in [6.07, 6.45) is 1.31. The predicted octanol–water partition coefficient (Wildman–Crippen LogP) is 5.34. The zero-order chi connectivity index (χ0) is 31.5. The smallest absolute Gasteiger partial charge is 0.338 e. The number of halogens is 1. The minimum Gasteiger partial charge on any atom is -0.497 e. The maximum Gasteiger partial charge on any atom is 0.338 e. The Labute approximate surface area is 261 Å². The number of nitrogens with zero attached hydrogens (tertiary/aromatic N) is 3. The van der Waals surface area contributed by atoms with Crippen molar-refractivity contribution in [3.8, 4) is 11.5 Å². The van der Waals surface area contributed by atoms with Gasteiger partial charge in [0.25, 0.3) is 11.2 Å². The summed E-state index contributed by atoms with van der Waals surface area (Å²) in [7, 11) is 1.56. The predicted molar refractivity (Wildman–Crippen MR) is 167 cm³/mol. The summed E-state index contributed by atoms with van der Waals surface area (Å²) in [4.78, 5) is 42.9. The minimum absolute atomic E-state index is 0.0138. The number of ether oxygens (including phenoxy) is 3. The number of methoxy groups -OCH3 is 1. The molecule has 2 heterocycles. The van der Waals surface area contributed by atoms with Gasteiger partial charge in [-0.15, -0.1) is 0 Å². The van der Waals surface area contributed by atoms with Crippen molar-refractivity contribution in [1.29, 1.82) is 0 Å². The number of hydrogen-bond acceptors (Lipinski definition) is 9. The number of aromatic nitrogens is 1. The fourth-order valence-corrected chi connectivity index (χ4v) is 5.96. The first kappa shape index (κ1) is 30.7. The number of nitro groups is 1. The fourth-order valence-electron chi connectivity index (χ4n) is 4.74. The van der Waals surface area contributed by atoms with Crippen LogP contribution in [0.3, 0.4) is 0 Å². The molecule has 0 saturated carbocycles. The first-order valence-corrected chi connectivity index (χ1v) is 14.8. The standard InChI is InChI=1S/C32H28ClN3O7S/c1-18(2)43-31(38)28-19(3)34-32-35(29(28)21-7-12-25(41-4)13-8-21)30(37)27(44-32)16-22-15-23(33)9-14-26(22)42-17-20-5-10-24(11-6-20)36(39)40/h5-16,18,29H,17H2,1-4H3/b27-16-/t29-/m1/s1. The largest absolute Gasteiger partial charge is 0.497 e. The van der Waals surface area contributed by atoms with E-state index in [9.17, 15) is 19.7 Å². The van der Waals surface area contributed by atoms with E-state index in [1.807, 2.05) is 12.1 Å². The molecule has 0 radical (unpaired) electrons. The minimum atomic E-state index is -0.775. The van der Waals surface area contributed by atoms with Gasteiger partial charge in [0.05, 0.1) is 40.0 Å². The highest BCUT2D eigenvalue weighted by atomic mass is 35.5. The van der Waals surface area contributed by atoms with E-state index in [1.54, 1.807) is 76.4 Å². The number of hydrogen-bond donors (Lipinski definition) is 0. The van der Waals surface area contributed by atoms with Crippen LogP contribution in [0.5, 0.6) is 11.5 Å². The number of thiazole rings is 1. The molecule has 0 N–H and O–H groups in total. The molecule has 0 spiro atoms. The number of nitro benzene ring substituents is 1. The third kappa shape index (κ3) is 6.43. The molecule has 10 nitrogen and oxygen atoms in total. The quantitative estimate of drug-likeness (QED) is 0.139. The van der Waals surface area contributed by atoms with Gasteiger partial charge in [-0.3, -0.25) is 19.5 Å². The van der Waals surface area contributed by atoms with E-state index in [2.05, 4.69) is 4.99 Å². The van der Waals surface area contributed by atoms with Crippen LogP contribution in [0.4, 0.5) is 5.69 Å². The zero-order valence-electron chi connectivity index (χ0n) is 24.3. The van der Waals surface area contributed by atoms with E-state index in [4.69, 9.17) is 25.8 Å². The number of esters is 1. The van der Waals surface area contributed by atoms with Gasteiger partial charge >= 0.3 is 5.97 Å². The molecule has 12 heteroatoms. The molecule has 0 fully saturated rings. The van der Waals surface area contributed by atoms with Crippen molar-refractivity contribution in [2.45, 2.75) is 39.5 Å². The van der Waals surface area contributed by atoms with Gasteiger partial charge in [-0.1, -0.05) is 35.1 Å². The van der Waals surface area contributed by atoms with Crippen molar-refractivity contribution in [3.63, 3.8) is 0 Å². The third-order valence-electron chi connectivity index (χ3n) is 6.82. The van der Waals surface area contributed by atoms with Crippen LogP contribution in [-0.4, -0.2) is 28.7 Å². The van der Waals surface area contributed by atoms with Gasteiger partial charge < -0.3 is 14.2 Å². The van der Waals surface area contributed by atoms with Crippen molar-refractivity contribution in [3.05, 3.63) is 130 Å². The van der Waals surface area contributed by atoms with Crippen molar-refractivity contribution < 1.29 is 23.9 Å². The monoisotopic (exact) mass is 633 g/mol. The van der Waals surface area contributed by atoms with Crippen LogP contribution in [0, 0.1) is 10.1 Å². The number of rotatable bonds is 9. The molecule has 1 aliphatic rings. The number of non-ortho nitro benzene ring substituents is 1. The molecule has 1 aromatic heterocycles. The third-order valence-corrected chi connectivity index (χ3v) is 8.03. The zero-order valence-corrected chi connectivity index (χ0v) is 25.8. The molecule has 4 aromatic rings. The Morgan fingerprint density at radius 2 is 1.84 bits per heavy atom. The first-order chi connectivity index (χ1) is 21.0. The molecule has 0 amide bonds. The molecule has 226 valence electrons. The van der Waals surface area contributed by atoms with Gasteiger partial charge in [0, 0.05) is 22.7 Å². The molecule has 1 aliphatic heterocycles. The SMILES string of the molecule is COc1ccc([C@@H]2C(C(=O)OC(C)C)=C(C)N=c3s/c(=C\c4cc(Cl)ccc4OCc4ccc([N+](=O)[O-])cc4)c(=O)n32)cc1. The van der Waals surface area contributed by atoms with Gasteiger partial charge in [0.15, 0.2) is 4.80 Å². The van der Waals surface area contributed by atoms with Crippen LogP contribution in [0.15, 0.2) is 87.8 Å². The highest BCUT2D eigenvalue weighted by Crippen LogP contribution is 2.32. The number of carbonyl (C=O) groups is 1. The second kappa shape index (κ2) is 12.9. The van der Waals surface area contributed by atoms with Crippen molar-refractivity contribution in [2.24, 2.45) is 4.99 Å². The maximum absolute atomic E-state index is 14.0. The molecule has 0 saturated heterocycles. The van der Waals surface area contributed by atoms with Crippen molar-refractivity contribution in [1.82, 2.24) is 4.57 Å². The Morgan fingerprint density at radius 3 is 2.48 bits per heavy atom. The number of carbonyl (C=O) groups excluding carboxylic acids is 1. The van der Waals surface area contributed by atoms with Crippen LogP contribution in [0.25, 0.3) is 6.08 Å². The van der Waals surface area contributed by atoms with Crippen LogP contribution >= 0.6 is 22.9 Å². The van der Waals surface area contributed by atoms with Crippen molar-refractivity contribution in [2.75, 3.05) is 7.11 Å². The summed E-state index contributed by atoms with van der Waals surface area (Å²) in [6.45, 7) is 5.39. The van der Waals surface area contributed by atoms with Crippen LogP contribution in [0.1, 0.15) is 43.5 Å². The summed E-state index contributed by atoms with van der Waals surface area (Å²) in [5, 5.41) is 11.4. The maximum atomic E-state index is 14.0. The fraction of sp³-hybridized carbons (Fsp3) is 0.219. The molecule has 5 rings (SSSR count). The van der Waals surface area contributed by atoms with E-state index in [1.165, 1.54) is 28.0 Å².